The van der Waals surface area contributed by atoms with E-state index in [-0.39, 0.29) is 17.5 Å². The van der Waals surface area contributed by atoms with Gasteiger partial charge in [0.05, 0.1) is 11.3 Å². The lowest BCUT2D eigenvalue weighted by molar-refractivity contribution is 0.0595. The zero-order valence-electron chi connectivity index (χ0n) is 15.9. The van der Waals surface area contributed by atoms with Crippen molar-refractivity contribution in [2.24, 2.45) is 0 Å². The van der Waals surface area contributed by atoms with Gasteiger partial charge in [-0.3, -0.25) is 4.79 Å². The van der Waals surface area contributed by atoms with Crippen LogP contribution >= 0.6 is 11.3 Å². The van der Waals surface area contributed by atoms with Crippen molar-refractivity contribution in [2.45, 2.75) is 25.9 Å². The fourth-order valence-corrected chi connectivity index (χ4v) is 4.27. The maximum Gasteiger partial charge on any atom is 0.274 e. The summed E-state index contributed by atoms with van der Waals surface area (Å²) in [5.41, 5.74) is 0.742. The molecule has 0 bridgehead atoms. The molecule has 1 amide bonds. The summed E-state index contributed by atoms with van der Waals surface area (Å²) in [5, 5.41) is 0.320. The van der Waals surface area contributed by atoms with Crippen LogP contribution in [0.3, 0.4) is 0 Å². The largest absolute Gasteiger partial charge is 0.494 e. The van der Waals surface area contributed by atoms with Crippen molar-refractivity contribution >= 4 is 27.5 Å². The molecule has 2 heterocycles. The normalized spacial score (nSPS) is 14.9. The van der Waals surface area contributed by atoms with E-state index in [4.69, 9.17) is 9.47 Å². The van der Waals surface area contributed by atoms with E-state index in [2.05, 4.69) is 4.98 Å². The molecular formula is C21H20F2N2O3S. The number of aromatic nitrogens is 1. The molecule has 152 valence electrons. The lowest BCUT2D eigenvalue weighted by Gasteiger charge is -2.31. The Balaban J connectivity index is 1.35. The third-order valence-electron chi connectivity index (χ3n) is 4.80. The molecule has 1 fully saturated rings. The van der Waals surface area contributed by atoms with Crippen LogP contribution in [0, 0.1) is 11.6 Å². The van der Waals surface area contributed by atoms with Crippen LogP contribution in [0.2, 0.25) is 0 Å². The van der Waals surface area contributed by atoms with Crippen molar-refractivity contribution in [3.8, 4) is 10.9 Å². The van der Waals surface area contributed by atoms with Gasteiger partial charge < -0.3 is 14.4 Å². The SMILES string of the molecule is CCOc1ccc(C(=O)N2CCC(Oc3nc4c(F)cc(F)cc4s3)CC2)cc1. The molecule has 1 aliphatic rings. The van der Waals surface area contributed by atoms with Crippen LogP contribution in [0.4, 0.5) is 8.78 Å². The average molecular weight is 418 g/mol. The molecule has 0 N–H and O–H groups in total. The summed E-state index contributed by atoms with van der Waals surface area (Å²) in [6.07, 6.45) is 1.18. The Morgan fingerprint density at radius 2 is 1.93 bits per heavy atom. The van der Waals surface area contributed by atoms with Gasteiger partial charge in [0.2, 0.25) is 0 Å². The average Bonchev–Trinajstić information content (AvgIpc) is 3.11. The van der Waals surface area contributed by atoms with E-state index in [1.54, 1.807) is 29.2 Å². The molecule has 0 unspecified atom stereocenters. The number of halogens is 2. The molecule has 0 aliphatic carbocycles. The van der Waals surface area contributed by atoms with Gasteiger partial charge in [-0.05, 0) is 37.3 Å². The molecular weight excluding hydrogens is 398 g/mol. The third kappa shape index (κ3) is 4.32. The van der Waals surface area contributed by atoms with Gasteiger partial charge in [-0.25, -0.2) is 8.78 Å². The van der Waals surface area contributed by atoms with Crippen LogP contribution in [0.15, 0.2) is 36.4 Å². The molecule has 5 nitrogen and oxygen atoms in total. The fraction of sp³-hybridized carbons (Fsp3) is 0.333. The summed E-state index contributed by atoms with van der Waals surface area (Å²) in [6, 6.07) is 9.19. The molecule has 0 radical (unpaired) electrons. The Labute approximate surface area is 170 Å². The van der Waals surface area contributed by atoms with Crippen molar-refractivity contribution in [2.75, 3.05) is 19.7 Å². The van der Waals surface area contributed by atoms with Gasteiger partial charge >= 0.3 is 0 Å². The van der Waals surface area contributed by atoms with Crippen LogP contribution in [0.5, 0.6) is 10.9 Å². The number of amides is 1. The van der Waals surface area contributed by atoms with Gasteiger partial charge in [0, 0.05) is 37.6 Å². The smallest absolute Gasteiger partial charge is 0.274 e. The number of carbonyl (C=O) groups is 1. The first-order valence-corrected chi connectivity index (χ1v) is 10.3. The number of ether oxygens (including phenoxy) is 2. The molecule has 2 aromatic carbocycles. The number of hydrogen-bond acceptors (Lipinski definition) is 5. The lowest BCUT2D eigenvalue weighted by atomic mass is 10.1. The number of carbonyl (C=O) groups excluding carboxylic acids is 1. The van der Waals surface area contributed by atoms with Crippen molar-refractivity contribution in [1.82, 2.24) is 9.88 Å². The topological polar surface area (TPSA) is 51.7 Å². The summed E-state index contributed by atoms with van der Waals surface area (Å²) < 4.78 is 38.8. The third-order valence-corrected chi connectivity index (χ3v) is 5.70. The Bertz CT molecular complexity index is 1010. The first kappa shape index (κ1) is 19.6. The van der Waals surface area contributed by atoms with Crippen molar-refractivity contribution < 1.29 is 23.0 Å². The quantitative estimate of drug-likeness (QED) is 0.605. The highest BCUT2D eigenvalue weighted by atomic mass is 32.1. The van der Waals surface area contributed by atoms with E-state index in [0.717, 1.165) is 23.2 Å². The van der Waals surface area contributed by atoms with Gasteiger partial charge in [0.25, 0.3) is 11.1 Å². The van der Waals surface area contributed by atoms with E-state index in [0.29, 0.717) is 48.0 Å². The Kier molecular flexibility index (Phi) is 5.62. The van der Waals surface area contributed by atoms with Crippen LogP contribution in [-0.2, 0) is 0 Å². The molecule has 1 aromatic heterocycles. The molecule has 3 aromatic rings. The van der Waals surface area contributed by atoms with Crippen molar-refractivity contribution in [3.63, 3.8) is 0 Å². The monoisotopic (exact) mass is 418 g/mol. The predicted octanol–water partition coefficient (Wildman–Crippen LogP) is 4.66. The minimum atomic E-state index is -0.693. The van der Waals surface area contributed by atoms with E-state index in [1.165, 1.54) is 6.07 Å². The van der Waals surface area contributed by atoms with Crippen LogP contribution < -0.4 is 9.47 Å². The summed E-state index contributed by atoms with van der Waals surface area (Å²) in [7, 11) is 0. The zero-order chi connectivity index (χ0) is 20.4. The van der Waals surface area contributed by atoms with E-state index >= 15 is 0 Å². The number of nitrogens with zero attached hydrogens (tertiary/aromatic N) is 2. The minimum Gasteiger partial charge on any atom is -0.494 e. The number of piperidine rings is 1. The van der Waals surface area contributed by atoms with Crippen LogP contribution in [0.1, 0.15) is 30.1 Å². The van der Waals surface area contributed by atoms with E-state index in [9.17, 15) is 13.6 Å². The number of hydrogen-bond donors (Lipinski definition) is 0. The summed E-state index contributed by atoms with van der Waals surface area (Å²) >= 11 is 1.12. The molecule has 0 spiro atoms. The zero-order valence-corrected chi connectivity index (χ0v) is 16.7. The van der Waals surface area contributed by atoms with E-state index in [1.807, 2.05) is 6.92 Å². The highest BCUT2D eigenvalue weighted by molar-refractivity contribution is 7.20. The molecule has 1 aliphatic heterocycles. The molecule has 0 atom stereocenters. The first-order valence-electron chi connectivity index (χ1n) is 9.48. The molecule has 29 heavy (non-hydrogen) atoms. The second kappa shape index (κ2) is 8.32. The summed E-state index contributed by atoms with van der Waals surface area (Å²) in [5.74, 6) is -0.611. The maximum atomic E-state index is 13.8. The molecule has 8 heteroatoms. The number of rotatable bonds is 5. The molecule has 1 saturated heterocycles. The Morgan fingerprint density at radius 3 is 2.62 bits per heavy atom. The van der Waals surface area contributed by atoms with Gasteiger partial charge in [0.15, 0.2) is 5.82 Å². The highest BCUT2D eigenvalue weighted by Gasteiger charge is 2.25. The van der Waals surface area contributed by atoms with Crippen molar-refractivity contribution in [1.29, 1.82) is 0 Å². The number of likely N-dealkylation sites (tertiary alicyclic amines) is 1. The lowest BCUT2D eigenvalue weighted by Crippen LogP contribution is -2.41. The summed E-state index contributed by atoms with van der Waals surface area (Å²) in [4.78, 5) is 18.6. The van der Waals surface area contributed by atoms with Crippen molar-refractivity contribution in [3.05, 3.63) is 53.6 Å². The number of thiazole rings is 1. The highest BCUT2D eigenvalue weighted by Crippen LogP contribution is 2.32. The first-order chi connectivity index (χ1) is 14.0. The predicted molar refractivity (Wildman–Crippen MR) is 107 cm³/mol. The Morgan fingerprint density at radius 1 is 1.21 bits per heavy atom. The van der Waals surface area contributed by atoms with E-state index < -0.39 is 11.6 Å². The standard InChI is InChI=1S/C21H20F2N2O3S/c1-2-27-15-5-3-13(4-6-15)20(26)25-9-7-16(8-10-25)28-21-24-19-17(23)11-14(22)12-18(19)29-21/h3-6,11-12,16H,2,7-10H2,1H3. The maximum absolute atomic E-state index is 13.8. The van der Waals surface area contributed by atoms with Gasteiger partial charge in [-0.2, -0.15) is 4.98 Å². The van der Waals surface area contributed by atoms with Gasteiger partial charge in [-0.15, -0.1) is 0 Å². The second-order valence-corrected chi connectivity index (χ2v) is 7.77. The number of benzene rings is 2. The Hall–Kier alpha value is -2.74. The number of fused-ring (bicyclic) bond motifs is 1. The van der Waals surface area contributed by atoms with Gasteiger partial charge in [0.1, 0.15) is 23.2 Å². The van der Waals surface area contributed by atoms with Crippen LogP contribution in [0.25, 0.3) is 10.2 Å². The minimum absolute atomic E-state index is 0.0240. The molecule has 4 rings (SSSR count). The van der Waals surface area contributed by atoms with Gasteiger partial charge in [-0.1, -0.05) is 11.3 Å². The fourth-order valence-electron chi connectivity index (χ4n) is 3.35. The molecule has 0 saturated carbocycles. The van der Waals surface area contributed by atoms with Crippen LogP contribution in [-0.4, -0.2) is 41.6 Å². The summed E-state index contributed by atoms with van der Waals surface area (Å²) in [6.45, 7) is 3.61. The second-order valence-electron chi connectivity index (χ2n) is 6.78.